The Bertz CT molecular complexity index is 348. The van der Waals surface area contributed by atoms with Gasteiger partial charge < -0.3 is 25.2 Å². The predicted molar refractivity (Wildman–Crippen MR) is 103 cm³/mol. The molecule has 1 rings (SSSR count). The van der Waals surface area contributed by atoms with Crippen LogP contribution in [0.5, 0.6) is 0 Å². The van der Waals surface area contributed by atoms with E-state index in [0.29, 0.717) is 6.04 Å². The van der Waals surface area contributed by atoms with E-state index >= 15 is 0 Å². The van der Waals surface area contributed by atoms with E-state index in [1.165, 1.54) is 25.9 Å². The van der Waals surface area contributed by atoms with Crippen molar-refractivity contribution >= 4 is 5.96 Å². The molecule has 0 aromatic rings. The Kier molecular flexibility index (Phi) is 11.0. The molecular weight excluding hydrogens is 302 g/mol. The minimum absolute atomic E-state index is 0.652. The third kappa shape index (κ3) is 8.85. The number of hydrogen-bond donors (Lipinski definition) is 2. The predicted octanol–water partition coefficient (Wildman–Crippen LogP) is 1.24. The van der Waals surface area contributed by atoms with Gasteiger partial charge in [0.15, 0.2) is 5.96 Å². The minimum Gasteiger partial charge on any atom is -0.385 e. The fourth-order valence-electron chi connectivity index (χ4n) is 3.15. The summed E-state index contributed by atoms with van der Waals surface area (Å²) in [7, 11) is 5.75. The highest BCUT2D eigenvalue weighted by Gasteiger charge is 2.21. The van der Waals surface area contributed by atoms with E-state index in [1.54, 1.807) is 7.11 Å². The third-order valence-electron chi connectivity index (χ3n) is 4.74. The van der Waals surface area contributed by atoms with E-state index in [-0.39, 0.29) is 0 Å². The Morgan fingerprint density at radius 3 is 2.79 bits per heavy atom. The molecule has 0 saturated carbocycles. The fourth-order valence-corrected chi connectivity index (χ4v) is 3.15. The minimum atomic E-state index is 0.652. The second-order valence-corrected chi connectivity index (χ2v) is 7.13. The van der Waals surface area contributed by atoms with Gasteiger partial charge in [-0.1, -0.05) is 0 Å². The Morgan fingerprint density at radius 2 is 2.12 bits per heavy atom. The summed E-state index contributed by atoms with van der Waals surface area (Å²) in [5.74, 6) is 1.64. The van der Waals surface area contributed by atoms with Crippen molar-refractivity contribution in [3.8, 4) is 0 Å². The van der Waals surface area contributed by atoms with Crippen LogP contribution in [0, 0.1) is 5.92 Å². The van der Waals surface area contributed by atoms with Gasteiger partial charge in [0.2, 0.25) is 0 Å². The maximum absolute atomic E-state index is 5.09. The largest absolute Gasteiger partial charge is 0.385 e. The summed E-state index contributed by atoms with van der Waals surface area (Å²) >= 11 is 0. The van der Waals surface area contributed by atoms with Crippen molar-refractivity contribution in [2.45, 2.75) is 39.2 Å². The van der Waals surface area contributed by atoms with Gasteiger partial charge in [-0.2, -0.15) is 0 Å². The third-order valence-corrected chi connectivity index (χ3v) is 4.74. The summed E-state index contributed by atoms with van der Waals surface area (Å²) in [5.41, 5.74) is 0. The molecule has 0 spiro atoms. The van der Waals surface area contributed by atoms with E-state index in [2.05, 4.69) is 46.3 Å². The lowest BCUT2D eigenvalue weighted by atomic mass is 9.97. The highest BCUT2D eigenvalue weighted by molar-refractivity contribution is 5.79. The molecule has 6 nitrogen and oxygen atoms in total. The van der Waals surface area contributed by atoms with Gasteiger partial charge in [-0.25, -0.2) is 0 Å². The molecule has 1 atom stereocenters. The molecule has 142 valence electrons. The van der Waals surface area contributed by atoms with Crippen LogP contribution in [0.3, 0.4) is 0 Å². The monoisotopic (exact) mass is 341 g/mol. The number of nitrogens with zero attached hydrogens (tertiary/aromatic N) is 3. The zero-order chi connectivity index (χ0) is 17.8. The van der Waals surface area contributed by atoms with E-state index in [1.807, 2.05) is 7.05 Å². The lowest BCUT2D eigenvalue weighted by Gasteiger charge is -2.35. The molecule has 0 aromatic heterocycles. The average molecular weight is 342 g/mol. The number of nitrogens with one attached hydrogen (secondary N) is 2. The van der Waals surface area contributed by atoms with Crippen LogP contribution in [0.2, 0.25) is 0 Å². The van der Waals surface area contributed by atoms with Gasteiger partial charge in [0.25, 0.3) is 0 Å². The molecule has 0 amide bonds. The van der Waals surface area contributed by atoms with Gasteiger partial charge in [-0.05, 0) is 52.6 Å². The molecule has 2 N–H and O–H groups in total. The highest BCUT2D eigenvalue weighted by Crippen LogP contribution is 2.17. The fraction of sp³-hybridized carbons (Fsp3) is 0.944. The van der Waals surface area contributed by atoms with Gasteiger partial charge in [0.05, 0.1) is 0 Å². The zero-order valence-electron chi connectivity index (χ0n) is 16.5. The quantitative estimate of drug-likeness (QED) is 0.356. The van der Waals surface area contributed by atoms with Crippen molar-refractivity contribution < 1.29 is 4.74 Å². The molecule has 0 aromatic carbocycles. The van der Waals surface area contributed by atoms with Crippen molar-refractivity contribution in [3.05, 3.63) is 0 Å². The van der Waals surface area contributed by atoms with Gasteiger partial charge >= 0.3 is 0 Å². The Hall–Kier alpha value is -0.850. The first-order valence-corrected chi connectivity index (χ1v) is 9.42. The van der Waals surface area contributed by atoms with Crippen molar-refractivity contribution in [2.75, 3.05) is 67.1 Å². The molecule has 1 heterocycles. The molecule has 1 aliphatic rings. The van der Waals surface area contributed by atoms with Gasteiger partial charge in [-0.3, -0.25) is 4.99 Å². The number of piperidine rings is 1. The second-order valence-electron chi connectivity index (χ2n) is 7.13. The Balaban J connectivity index is 2.18. The normalized spacial score (nSPS) is 20.0. The van der Waals surface area contributed by atoms with Crippen molar-refractivity contribution in [2.24, 2.45) is 10.9 Å². The number of hydrogen-bond acceptors (Lipinski definition) is 4. The van der Waals surface area contributed by atoms with Gasteiger partial charge in [-0.15, -0.1) is 0 Å². The van der Waals surface area contributed by atoms with E-state index in [0.717, 1.165) is 51.1 Å². The lowest BCUT2D eigenvalue weighted by Crippen LogP contribution is -2.47. The molecule has 0 aliphatic carbocycles. The summed E-state index contributed by atoms with van der Waals surface area (Å²) in [6.45, 7) is 11.8. The summed E-state index contributed by atoms with van der Waals surface area (Å²) in [6.07, 6.45) is 3.70. The second kappa shape index (κ2) is 12.5. The molecule has 1 aliphatic heterocycles. The lowest BCUT2D eigenvalue weighted by molar-refractivity contribution is 0.141. The van der Waals surface area contributed by atoms with Crippen molar-refractivity contribution in [1.82, 2.24) is 20.4 Å². The van der Waals surface area contributed by atoms with Crippen LogP contribution in [0.15, 0.2) is 4.99 Å². The van der Waals surface area contributed by atoms with Crippen LogP contribution in [-0.4, -0.2) is 88.9 Å². The topological polar surface area (TPSA) is 52.1 Å². The van der Waals surface area contributed by atoms with Crippen molar-refractivity contribution in [3.63, 3.8) is 0 Å². The summed E-state index contributed by atoms with van der Waals surface area (Å²) in [4.78, 5) is 9.25. The molecule has 0 bridgehead atoms. The van der Waals surface area contributed by atoms with Crippen molar-refractivity contribution in [1.29, 1.82) is 0 Å². The number of likely N-dealkylation sites (N-methyl/N-ethyl adjacent to an activating group) is 1. The Labute approximate surface area is 149 Å². The Morgan fingerprint density at radius 1 is 1.33 bits per heavy atom. The number of rotatable bonds is 10. The number of methoxy groups -OCH3 is 1. The van der Waals surface area contributed by atoms with E-state index < -0.39 is 0 Å². The van der Waals surface area contributed by atoms with Crippen LogP contribution in [-0.2, 0) is 4.74 Å². The van der Waals surface area contributed by atoms with E-state index in [4.69, 9.17) is 4.74 Å². The molecular formula is C18H39N5O. The maximum atomic E-state index is 5.09. The molecule has 1 fully saturated rings. The summed E-state index contributed by atoms with van der Waals surface area (Å²) < 4.78 is 5.09. The molecule has 1 unspecified atom stereocenters. The highest BCUT2D eigenvalue weighted by atomic mass is 16.5. The number of aliphatic imine (C=N–C) groups is 1. The van der Waals surface area contributed by atoms with Crippen LogP contribution in [0.25, 0.3) is 0 Å². The van der Waals surface area contributed by atoms with Crippen LogP contribution in [0.1, 0.15) is 33.1 Å². The van der Waals surface area contributed by atoms with Gasteiger partial charge in [0.1, 0.15) is 0 Å². The standard InChI is InChI=1S/C18H39N5O/c1-16(2)23-11-6-8-17(15-23)14-21-18(19-3)20-9-12-22(4)10-7-13-24-5/h16-17H,6-15H2,1-5H3,(H2,19,20,21). The SMILES string of the molecule is CN=C(NCCN(C)CCCOC)NCC1CCCN(C(C)C)C1. The maximum Gasteiger partial charge on any atom is 0.191 e. The summed E-state index contributed by atoms with van der Waals surface area (Å²) in [6, 6.07) is 0.652. The zero-order valence-corrected chi connectivity index (χ0v) is 16.5. The number of likely N-dealkylation sites (tertiary alicyclic amines) is 1. The smallest absolute Gasteiger partial charge is 0.191 e. The van der Waals surface area contributed by atoms with Gasteiger partial charge in [0, 0.05) is 59.5 Å². The number of ether oxygens (including phenoxy) is 1. The molecule has 0 radical (unpaired) electrons. The van der Waals surface area contributed by atoms with Crippen LogP contribution in [0.4, 0.5) is 0 Å². The average Bonchev–Trinajstić information content (AvgIpc) is 2.58. The summed E-state index contributed by atoms with van der Waals surface area (Å²) in [5, 5.41) is 6.92. The first-order valence-electron chi connectivity index (χ1n) is 9.42. The van der Waals surface area contributed by atoms with Crippen LogP contribution >= 0.6 is 0 Å². The van der Waals surface area contributed by atoms with Crippen LogP contribution < -0.4 is 10.6 Å². The number of guanidine groups is 1. The van der Waals surface area contributed by atoms with E-state index in [9.17, 15) is 0 Å². The molecule has 1 saturated heterocycles. The molecule has 24 heavy (non-hydrogen) atoms. The first-order chi connectivity index (χ1) is 11.6. The molecule has 6 heteroatoms. The first kappa shape index (κ1) is 21.2.